The molecule has 1 aromatic heterocycles. The molecule has 0 aliphatic carbocycles. The average Bonchev–Trinajstić information content (AvgIpc) is 3.11. The highest BCUT2D eigenvalue weighted by Gasteiger charge is 2.34. The number of benzene rings is 1. The van der Waals surface area contributed by atoms with E-state index in [-0.39, 0.29) is 23.6 Å². The molecule has 0 unspecified atom stereocenters. The van der Waals surface area contributed by atoms with Gasteiger partial charge in [0.25, 0.3) is 0 Å². The Morgan fingerprint density at radius 3 is 2.74 bits per heavy atom. The van der Waals surface area contributed by atoms with Gasteiger partial charge in [-0.05, 0) is 46.2 Å². The highest BCUT2D eigenvalue weighted by Crippen LogP contribution is 2.39. The molecule has 0 atom stereocenters. The molecular weight excluding hydrogens is 368 g/mol. The van der Waals surface area contributed by atoms with Crippen LogP contribution in [0.3, 0.4) is 0 Å². The molecule has 0 saturated carbocycles. The molecule has 8 heteroatoms. The monoisotopic (exact) mass is 394 g/mol. The summed E-state index contributed by atoms with van der Waals surface area (Å²) in [5.41, 5.74) is 0.670. The summed E-state index contributed by atoms with van der Waals surface area (Å²) in [7, 11) is -3.75. The Morgan fingerprint density at radius 2 is 2.04 bits per heavy atom. The Hall–Kier alpha value is -1.90. The van der Waals surface area contributed by atoms with Gasteiger partial charge in [0, 0.05) is 12.5 Å². The molecule has 148 valence electrons. The molecule has 2 heterocycles. The number of sulfonamides is 1. The van der Waals surface area contributed by atoms with E-state index in [1.807, 2.05) is 40.7 Å². The van der Waals surface area contributed by atoms with Crippen molar-refractivity contribution in [2.45, 2.75) is 70.3 Å². The molecule has 1 aliphatic heterocycles. The zero-order chi connectivity index (χ0) is 19.9. The van der Waals surface area contributed by atoms with Crippen LogP contribution in [0, 0.1) is 0 Å². The first-order valence-electron chi connectivity index (χ1n) is 8.84. The van der Waals surface area contributed by atoms with Gasteiger partial charge in [-0.2, -0.15) is 0 Å². The van der Waals surface area contributed by atoms with Crippen LogP contribution in [-0.2, 0) is 34.3 Å². The SMILES string of the molecule is CC(C)(C)OCc1cc(CNS(=O)(=O)c2cccc3c2OC(C)(C)C3)no1. The molecular formula is C19H26N2O5S. The van der Waals surface area contributed by atoms with Gasteiger partial charge in [0.15, 0.2) is 5.76 Å². The molecule has 0 saturated heterocycles. The van der Waals surface area contributed by atoms with E-state index in [0.717, 1.165) is 5.56 Å². The molecule has 0 radical (unpaired) electrons. The molecule has 1 aliphatic rings. The number of nitrogens with one attached hydrogen (secondary N) is 1. The fraction of sp³-hybridized carbons (Fsp3) is 0.526. The summed E-state index contributed by atoms with van der Waals surface area (Å²) in [6, 6.07) is 6.86. The van der Waals surface area contributed by atoms with Gasteiger partial charge in [-0.1, -0.05) is 17.3 Å². The number of ether oxygens (including phenoxy) is 2. The van der Waals surface area contributed by atoms with Crippen molar-refractivity contribution in [3.05, 3.63) is 41.3 Å². The van der Waals surface area contributed by atoms with Crippen LogP contribution in [0.1, 0.15) is 51.6 Å². The normalized spacial score (nSPS) is 16.2. The lowest BCUT2D eigenvalue weighted by atomic mass is 10.0. The maximum Gasteiger partial charge on any atom is 0.244 e. The lowest BCUT2D eigenvalue weighted by Crippen LogP contribution is -2.26. The predicted molar refractivity (Wildman–Crippen MR) is 99.9 cm³/mol. The summed E-state index contributed by atoms with van der Waals surface area (Å²) in [5, 5.41) is 3.90. The van der Waals surface area contributed by atoms with Crippen molar-refractivity contribution < 1.29 is 22.4 Å². The summed E-state index contributed by atoms with van der Waals surface area (Å²) in [4.78, 5) is 0.144. The van der Waals surface area contributed by atoms with Crippen molar-refractivity contribution in [1.82, 2.24) is 9.88 Å². The van der Waals surface area contributed by atoms with E-state index in [9.17, 15) is 8.42 Å². The molecule has 7 nitrogen and oxygen atoms in total. The van der Waals surface area contributed by atoms with E-state index < -0.39 is 15.6 Å². The molecule has 1 N–H and O–H groups in total. The Morgan fingerprint density at radius 1 is 1.30 bits per heavy atom. The van der Waals surface area contributed by atoms with Crippen molar-refractivity contribution in [3.8, 4) is 5.75 Å². The van der Waals surface area contributed by atoms with E-state index in [0.29, 0.717) is 23.6 Å². The number of aromatic nitrogens is 1. The van der Waals surface area contributed by atoms with Gasteiger partial charge in [-0.25, -0.2) is 13.1 Å². The number of fused-ring (bicyclic) bond motifs is 1. The smallest absolute Gasteiger partial charge is 0.244 e. The number of hydrogen-bond acceptors (Lipinski definition) is 6. The third-order valence-electron chi connectivity index (χ3n) is 4.04. The van der Waals surface area contributed by atoms with Gasteiger partial charge >= 0.3 is 0 Å². The maximum absolute atomic E-state index is 12.8. The van der Waals surface area contributed by atoms with Crippen LogP contribution in [0.15, 0.2) is 33.7 Å². The minimum atomic E-state index is -3.75. The van der Waals surface area contributed by atoms with Crippen LogP contribution < -0.4 is 9.46 Å². The first kappa shape index (κ1) is 19.9. The maximum atomic E-state index is 12.8. The van der Waals surface area contributed by atoms with Crippen molar-refractivity contribution in [1.29, 1.82) is 0 Å². The second kappa shape index (κ2) is 6.92. The Bertz CT molecular complexity index is 926. The average molecular weight is 394 g/mol. The molecule has 27 heavy (non-hydrogen) atoms. The van der Waals surface area contributed by atoms with Gasteiger partial charge in [0.05, 0.1) is 17.8 Å². The molecule has 2 aromatic rings. The second-order valence-electron chi connectivity index (χ2n) is 8.29. The standard InChI is InChI=1S/C19H26N2O5S/c1-18(2,3)24-12-15-9-14(21-26-15)11-20-27(22,23)16-8-6-7-13-10-19(4,5)25-17(13)16/h6-9,20H,10-12H2,1-5H3. The highest BCUT2D eigenvalue weighted by atomic mass is 32.2. The summed E-state index contributed by atoms with van der Waals surface area (Å²) in [5.74, 6) is 0.972. The zero-order valence-electron chi connectivity index (χ0n) is 16.3. The van der Waals surface area contributed by atoms with Crippen LogP contribution in [0.5, 0.6) is 5.75 Å². The molecule has 1 aromatic carbocycles. The van der Waals surface area contributed by atoms with Crippen LogP contribution >= 0.6 is 0 Å². The number of para-hydroxylation sites is 1. The number of hydrogen-bond donors (Lipinski definition) is 1. The Balaban J connectivity index is 1.69. The number of rotatable bonds is 6. The molecule has 0 fully saturated rings. The third-order valence-corrected chi connectivity index (χ3v) is 5.47. The van der Waals surface area contributed by atoms with Gasteiger partial charge in [-0.3, -0.25) is 0 Å². The largest absolute Gasteiger partial charge is 0.486 e. The topological polar surface area (TPSA) is 90.7 Å². The van der Waals surface area contributed by atoms with Crippen molar-refractivity contribution in [3.63, 3.8) is 0 Å². The summed E-state index contributed by atoms with van der Waals surface area (Å²) >= 11 is 0. The quantitative estimate of drug-likeness (QED) is 0.809. The van der Waals surface area contributed by atoms with E-state index in [2.05, 4.69) is 9.88 Å². The van der Waals surface area contributed by atoms with Gasteiger partial charge in [0.1, 0.15) is 22.9 Å². The Kier molecular flexibility index (Phi) is 5.09. The van der Waals surface area contributed by atoms with Crippen LogP contribution in [0.4, 0.5) is 0 Å². The summed E-state index contributed by atoms with van der Waals surface area (Å²) in [6.07, 6.45) is 0.673. The van der Waals surface area contributed by atoms with E-state index in [1.54, 1.807) is 18.2 Å². The van der Waals surface area contributed by atoms with Crippen molar-refractivity contribution in [2.75, 3.05) is 0 Å². The van der Waals surface area contributed by atoms with E-state index >= 15 is 0 Å². The molecule has 0 bridgehead atoms. The van der Waals surface area contributed by atoms with Crippen LogP contribution in [0.2, 0.25) is 0 Å². The fourth-order valence-electron chi connectivity index (χ4n) is 2.84. The second-order valence-corrected chi connectivity index (χ2v) is 10.0. The minimum absolute atomic E-state index is 0.0222. The number of nitrogens with zero attached hydrogens (tertiary/aromatic N) is 1. The zero-order valence-corrected chi connectivity index (χ0v) is 17.1. The molecule has 0 amide bonds. The van der Waals surface area contributed by atoms with Crippen LogP contribution in [0.25, 0.3) is 0 Å². The molecule has 0 spiro atoms. The fourth-order valence-corrected chi connectivity index (χ4v) is 4.01. The first-order chi connectivity index (χ1) is 12.5. The molecule has 3 rings (SSSR count). The van der Waals surface area contributed by atoms with Crippen molar-refractivity contribution >= 4 is 10.0 Å². The predicted octanol–water partition coefficient (Wildman–Crippen LogP) is 3.18. The lowest BCUT2D eigenvalue weighted by molar-refractivity contribution is -0.0241. The third kappa shape index (κ3) is 4.88. The minimum Gasteiger partial charge on any atom is -0.486 e. The summed E-state index contributed by atoms with van der Waals surface area (Å²) in [6.45, 7) is 10.0. The lowest BCUT2D eigenvalue weighted by Gasteiger charge is -2.18. The van der Waals surface area contributed by atoms with E-state index in [1.165, 1.54) is 0 Å². The van der Waals surface area contributed by atoms with Crippen molar-refractivity contribution in [2.24, 2.45) is 0 Å². The first-order valence-corrected chi connectivity index (χ1v) is 10.3. The van der Waals surface area contributed by atoms with E-state index in [4.69, 9.17) is 14.0 Å². The van der Waals surface area contributed by atoms with Gasteiger partial charge in [-0.15, -0.1) is 0 Å². The summed E-state index contributed by atoms with van der Waals surface area (Å²) < 4.78 is 44.8. The van der Waals surface area contributed by atoms with Gasteiger partial charge in [0.2, 0.25) is 10.0 Å². The highest BCUT2D eigenvalue weighted by molar-refractivity contribution is 7.89. The van der Waals surface area contributed by atoms with Gasteiger partial charge < -0.3 is 14.0 Å². The van der Waals surface area contributed by atoms with Crippen LogP contribution in [-0.4, -0.2) is 24.8 Å². The Labute approximate surface area is 160 Å².